The Kier molecular flexibility index (Phi) is 4.33. The van der Waals surface area contributed by atoms with Crippen LogP contribution < -0.4 is 4.74 Å². The highest BCUT2D eigenvalue weighted by Gasteiger charge is 2.58. The van der Waals surface area contributed by atoms with E-state index >= 15 is 0 Å². The smallest absolute Gasteiger partial charge is 0.157 e. The fourth-order valence-corrected chi connectivity index (χ4v) is 5.39. The zero-order valence-electron chi connectivity index (χ0n) is 18.5. The Morgan fingerprint density at radius 1 is 0.688 bits per heavy atom. The predicted molar refractivity (Wildman–Crippen MR) is 131 cm³/mol. The van der Waals surface area contributed by atoms with Gasteiger partial charge in [0.2, 0.25) is 0 Å². The zero-order valence-corrected chi connectivity index (χ0v) is 18.5. The summed E-state index contributed by atoms with van der Waals surface area (Å²) in [4.78, 5) is 0. The molecule has 0 radical (unpaired) electrons. The molecule has 32 heavy (non-hydrogen) atoms. The van der Waals surface area contributed by atoms with Gasteiger partial charge in [0, 0.05) is 17.9 Å². The van der Waals surface area contributed by atoms with Crippen molar-refractivity contribution in [2.45, 2.75) is 31.8 Å². The lowest BCUT2D eigenvalue weighted by molar-refractivity contribution is 0.0144. The predicted octanol–water partition coefficient (Wildman–Crippen LogP) is 7.58. The summed E-state index contributed by atoms with van der Waals surface area (Å²) in [5, 5.41) is 0. The first-order chi connectivity index (χ1) is 15.7. The molecule has 0 amide bonds. The molecule has 4 aromatic carbocycles. The van der Waals surface area contributed by atoms with Crippen molar-refractivity contribution < 1.29 is 4.74 Å². The van der Waals surface area contributed by atoms with Crippen molar-refractivity contribution in [1.82, 2.24) is 0 Å². The Morgan fingerprint density at radius 2 is 1.25 bits per heavy atom. The largest absolute Gasteiger partial charge is 0.478 e. The lowest BCUT2D eigenvalue weighted by Crippen LogP contribution is -2.52. The second kappa shape index (κ2) is 7.24. The maximum absolute atomic E-state index is 6.90. The van der Waals surface area contributed by atoms with Gasteiger partial charge >= 0.3 is 0 Å². The molecule has 0 aromatic heterocycles. The van der Waals surface area contributed by atoms with Crippen molar-refractivity contribution in [2.24, 2.45) is 0 Å². The molecule has 1 nitrogen and oxygen atoms in total. The number of aryl methyl sites for hydroxylation is 2. The molecule has 6 rings (SSSR count). The highest BCUT2D eigenvalue weighted by molar-refractivity contribution is 5.87. The summed E-state index contributed by atoms with van der Waals surface area (Å²) in [6.07, 6.45) is 0.977. The molecule has 2 atom stereocenters. The van der Waals surface area contributed by atoms with E-state index in [1.165, 1.54) is 44.5 Å². The topological polar surface area (TPSA) is 9.23 Å². The Labute approximate surface area is 190 Å². The minimum atomic E-state index is -0.425. The van der Waals surface area contributed by atoms with Crippen molar-refractivity contribution in [3.63, 3.8) is 0 Å². The van der Waals surface area contributed by atoms with Crippen LogP contribution in [0.2, 0.25) is 0 Å². The van der Waals surface area contributed by atoms with Crippen LogP contribution in [0.25, 0.3) is 5.57 Å². The van der Waals surface area contributed by atoms with Gasteiger partial charge in [-0.15, -0.1) is 0 Å². The summed E-state index contributed by atoms with van der Waals surface area (Å²) < 4.78 is 6.90. The standard InChI is InChI=1S/C31H26O/c1-21-12-16-23(17-13-21)29(24-18-14-22(2)15-19-24)30-27-20-31(30,25-8-4-3-5-9-25)32-28-11-7-6-10-26(27)28/h3-19,27H,20H2,1-2H3/t27-,31+/m0/s1. The third kappa shape index (κ3) is 2.85. The van der Waals surface area contributed by atoms with Gasteiger partial charge in [-0.1, -0.05) is 108 Å². The van der Waals surface area contributed by atoms with E-state index in [1.54, 1.807) is 0 Å². The fraction of sp³-hybridized carbons (Fsp3) is 0.161. The number of fused-ring (bicyclic) bond motifs is 4. The molecule has 2 aliphatic rings. The summed E-state index contributed by atoms with van der Waals surface area (Å²) >= 11 is 0. The number of rotatable bonds is 3. The SMILES string of the molecule is Cc1ccc(C(=C2[C@H]3C[C@]2(c2ccccc2)Oc2ccccc23)c2ccc(C)cc2)cc1. The first-order valence-electron chi connectivity index (χ1n) is 11.4. The number of hydrogen-bond donors (Lipinski definition) is 0. The van der Waals surface area contributed by atoms with E-state index in [9.17, 15) is 0 Å². The molecule has 0 unspecified atom stereocenters. The van der Waals surface area contributed by atoms with E-state index in [0.717, 1.165) is 12.2 Å². The van der Waals surface area contributed by atoms with Gasteiger partial charge < -0.3 is 4.74 Å². The molecule has 1 fully saturated rings. The Morgan fingerprint density at radius 3 is 1.88 bits per heavy atom. The van der Waals surface area contributed by atoms with Crippen LogP contribution in [-0.2, 0) is 5.60 Å². The summed E-state index contributed by atoms with van der Waals surface area (Å²) in [6, 6.07) is 37.2. The van der Waals surface area contributed by atoms with Crippen LogP contribution >= 0.6 is 0 Å². The first-order valence-corrected chi connectivity index (χ1v) is 11.4. The molecule has 1 heteroatoms. The van der Waals surface area contributed by atoms with Gasteiger partial charge in [-0.05, 0) is 47.8 Å². The molecule has 0 saturated heterocycles. The molecule has 4 aromatic rings. The number of benzene rings is 4. The van der Waals surface area contributed by atoms with Gasteiger partial charge in [-0.3, -0.25) is 0 Å². The Balaban J connectivity index is 1.67. The molecule has 1 heterocycles. The van der Waals surface area contributed by atoms with Crippen LogP contribution in [0, 0.1) is 13.8 Å². The van der Waals surface area contributed by atoms with E-state index in [4.69, 9.17) is 4.74 Å². The van der Waals surface area contributed by atoms with Crippen LogP contribution in [0.1, 0.15) is 45.7 Å². The lowest BCUT2D eigenvalue weighted by atomic mass is 9.56. The Hall–Kier alpha value is -3.58. The van der Waals surface area contributed by atoms with Gasteiger partial charge in [-0.25, -0.2) is 0 Å². The molecule has 2 bridgehead atoms. The molecule has 0 N–H and O–H groups in total. The van der Waals surface area contributed by atoms with E-state index in [1.807, 2.05) is 0 Å². The molecule has 0 spiro atoms. The third-order valence-electron chi connectivity index (χ3n) is 7.04. The van der Waals surface area contributed by atoms with Crippen molar-refractivity contribution in [3.8, 4) is 5.75 Å². The van der Waals surface area contributed by atoms with Crippen molar-refractivity contribution in [3.05, 3.63) is 142 Å². The molecule has 1 saturated carbocycles. The van der Waals surface area contributed by atoms with Gasteiger partial charge in [0.25, 0.3) is 0 Å². The van der Waals surface area contributed by atoms with Crippen LogP contribution in [0.4, 0.5) is 0 Å². The minimum Gasteiger partial charge on any atom is -0.478 e. The second-order valence-electron chi connectivity index (χ2n) is 9.11. The molecule has 156 valence electrons. The average Bonchev–Trinajstić information content (AvgIpc) is 2.83. The van der Waals surface area contributed by atoms with E-state index in [-0.39, 0.29) is 0 Å². The van der Waals surface area contributed by atoms with Crippen LogP contribution in [0.3, 0.4) is 0 Å². The van der Waals surface area contributed by atoms with Gasteiger partial charge in [0.1, 0.15) is 5.75 Å². The highest BCUT2D eigenvalue weighted by atomic mass is 16.5. The van der Waals surface area contributed by atoms with Gasteiger partial charge in [0.05, 0.1) is 0 Å². The quantitative estimate of drug-likeness (QED) is 0.336. The monoisotopic (exact) mass is 414 g/mol. The maximum atomic E-state index is 6.90. The van der Waals surface area contributed by atoms with Gasteiger partial charge in [0.15, 0.2) is 5.60 Å². The highest BCUT2D eigenvalue weighted by Crippen LogP contribution is 2.65. The Bertz CT molecular complexity index is 1270. The number of hydrogen-bond acceptors (Lipinski definition) is 1. The van der Waals surface area contributed by atoms with E-state index in [0.29, 0.717) is 5.92 Å². The minimum absolute atomic E-state index is 0.359. The van der Waals surface area contributed by atoms with Crippen LogP contribution in [0.5, 0.6) is 5.75 Å². The van der Waals surface area contributed by atoms with Crippen molar-refractivity contribution in [1.29, 1.82) is 0 Å². The molecule has 1 aliphatic carbocycles. The second-order valence-corrected chi connectivity index (χ2v) is 9.11. The number of para-hydroxylation sites is 1. The first kappa shape index (κ1) is 19.1. The third-order valence-corrected chi connectivity index (χ3v) is 7.04. The van der Waals surface area contributed by atoms with Crippen molar-refractivity contribution >= 4 is 5.57 Å². The fourth-order valence-electron chi connectivity index (χ4n) is 5.39. The maximum Gasteiger partial charge on any atom is 0.157 e. The average molecular weight is 415 g/mol. The lowest BCUT2D eigenvalue weighted by Gasteiger charge is -2.56. The molecular formula is C31H26O. The normalized spacial score (nSPS) is 20.7. The number of ether oxygens (including phenoxy) is 1. The summed E-state index contributed by atoms with van der Waals surface area (Å²) in [5.41, 5.74) is 9.85. The van der Waals surface area contributed by atoms with Crippen molar-refractivity contribution in [2.75, 3.05) is 0 Å². The zero-order chi connectivity index (χ0) is 21.7. The van der Waals surface area contributed by atoms with Gasteiger partial charge in [-0.2, -0.15) is 0 Å². The summed E-state index contributed by atoms with van der Waals surface area (Å²) in [6.45, 7) is 4.29. The van der Waals surface area contributed by atoms with Crippen LogP contribution in [0.15, 0.2) is 109 Å². The molecule has 1 aliphatic heterocycles. The van der Waals surface area contributed by atoms with E-state index in [2.05, 4.69) is 117 Å². The van der Waals surface area contributed by atoms with E-state index < -0.39 is 5.60 Å². The van der Waals surface area contributed by atoms with Crippen LogP contribution in [-0.4, -0.2) is 0 Å². The molecular weight excluding hydrogens is 388 g/mol. The summed E-state index contributed by atoms with van der Waals surface area (Å²) in [5.74, 6) is 1.38. The summed E-state index contributed by atoms with van der Waals surface area (Å²) in [7, 11) is 0.